The van der Waals surface area contributed by atoms with E-state index in [-0.39, 0.29) is 11.9 Å². The van der Waals surface area contributed by atoms with Crippen molar-refractivity contribution in [2.75, 3.05) is 0 Å². The molecule has 2 rings (SSSR count). The van der Waals surface area contributed by atoms with Gasteiger partial charge in [0.2, 0.25) is 0 Å². The molecule has 3 N–H and O–H groups in total. The lowest BCUT2D eigenvalue weighted by Crippen LogP contribution is -2.28. The van der Waals surface area contributed by atoms with E-state index in [4.69, 9.17) is 5.73 Å². The lowest BCUT2D eigenvalue weighted by Gasteiger charge is -2.14. The summed E-state index contributed by atoms with van der Waals surface area (Å²) < 4.78 is 1.59. The van der Waals surface area contributed by atoms with Crippen molar-refractivity contribution in [2.45, 2.75) is 26.4 Å². The van der Waals surface area contributed by atoms with Crippen LogP contribution in [-0.4, -0.2) is 15.7 Å². The minimum absolute atomic E-state index is 0.0652. The summed E-state index contributed by atoms with van der Waals surface area (Å²) in [6.07, 6.45) is 0. The van der Waals surface area contributed by atoms with Crippen molar-refractivity contribution in [3.05, 3.63) is 52.8 Å². The van der Waals surface area contributed by atoms with Crippen molar-refractivity contribution in [2.24, 2.45) is 12.8 Å². The van der Waals surface area contributed by atoms with Crippen molar-refractivity contribution in [1.82, 2.24) is 15.1 Å². The Balaban J connectivity index is 2.08. The van der Waals surface area contributed by atoms with Crippen molar-refractivity contribution in [3.8, 4) is 0 Å². The van der Waals surface area contributed by atoms with Gasteiger partial charge in [0, 0.05) is 13.6 Å². The fraction of sp³-hybridized carbons (Fsp3) is 0.333. The third kappa shape index (κ3) is 3.05. The van der Waals surface area contributed by atoms with Gasteiger partial charge in [-0.15, -0.1) is 0 Å². The average Bonchev–Trinajstić information content (AvgIpc) is 2.78. The van der Waals surface area contributed by atoms with Crippen LogP contribution >= 0.6 is 0 Å². The third-order valence-corrected chi connectivity index (χ3v) is 3.30. The molecule has 20 heavy (non-hydrogen) atoms. The predicted molar refractivity (Wildman–Crippen MR) is 78.2 cm³/mol. The molecule has 1 heterocycles. The number of hydrogen-bond donors (Lipinski definition) is 2. The fourth-order valence-corrected chi connectivity index (χ4v) is 2.12. The first kappa shape index (κ1) is 14.3. The van der Waals surface area contributed by atoms with E-state index in [1.54, 1.807) is 17.8 Å². The maximum atomic E-state index is 12.2. The quantitative estimate of drug-likeness (QED) is 0.889. The highest BCUT2D eigenvalue weighted by Gasteiger charge is 2.15. The lowest BCUT2D eigenvalue weighted by atomic mass is 10.1. The minimum Gasteiger partial charge on any atom is -0.344 e. The number of benzene rings is 1. The Kier molecular flexibility index (Phi) is 4.20. The van der Waals surface area contributed by atoms with E-state index in [1.807, 2.05) is 38.1 Å². The monoisotopic (exact) mass is 272 g/mol. The van der Waals surface area contributed by atoms with E-state index < -0.39 is 0 Å². The van der Waals surface area contributed by atoms with Gasteiger partial charge in [-0.2, -0.15) is 5.10 Å². The summed E-state index contributed by atoms with van der Waals surface area (Å²) in [5, 5.41) is 7.15. The molecule has 2 aromatic rings. The molecule has 0 aliphatic carbocycles. The zero-order valence-electron chi connectivity index (χ0n) is 12.1. The van der Waals surface area contributed by atoms with Gasteiger partial charge >= 0.3 is 0 Å². The van der Waals surface area contributed by atoms with Crippen LogP contribution in [0.25, 0.3) is 0 Å². The molecule has 1 amide bonds. The molecule has 0 saturated carbocycles. The van der Waals surface area contributed by atoms with Crippen LogP contribution in [0.1, 0.15) is 40.3 Å². The van der Waals surface area contributed by atoms with Crippen molar-refractivity contribution < 1.29 is 4.79 Å². The molecule has 5 heteroatoms. The Hall–Kier alpha value is -2.14. The highest BCUT2D eigenvalue weighted by atomic mass is 16.2. The van der Waals surface area contributed by atoms with Gasteiger partial charge < -0.3 is 11.1 Å². The van der Waals surface area contributed by atoms with E-state index in [0.29, 0.717) is 12.2 Å². The molecule has 0 aliphatic rings. The van der Waals surface area contributed by atoms with E-state index in [0.717, 1.165) is 16.8 Å². The highest BCUT2D eigenvalue weighted by Crippen LogP contribution is 2.14. The molecule has 0 fully saturated rings. The maximum absolute atomic E-state index is 12.2. The molecule has 1 aromatic heterocycles. The molecule has 0 saturated heterocycles. The van der Waals surface area contributed by atoms with Crippen LogP contribution in [0.2, 0.25) is 0 Å². The van der Waals surface area contributed by atoms with E-state index in [9.17, 15) is 4.79 Å². The summed E-state index contributed by atoms with van der Waals surface area (Å²) >= 11 is 0. The summed E-state index contributed by atoms with van der Waals surface area (Å²) in [5.74, 6) is -0.122. The topological polar surface area (TPSA) is 72.9 Å². The first-order chi connectivity index (χ1) is 9.51. The molecule has 0 bridgehead atoms. The summed E-state index contributed by atoms with van der Waals surface area (Å²) in [7, 11) is 1.77. The van der Waals surface area contributed by atoms with Crippen LogP contribution in [0.3, 0.4) is 0 Å². The number of nitrogens with one attached hydrogen (secondary N) is 1. The summed E-state index contributed by atoms with van der Waals surface area (Å²) in [5.41, 5.74) is 9.09. The van der Waals surface area contributed by atoms with Crippen LogP contribution in [0.15, 0.2) is 30.3 Å². The largest absolute Gasteiger partial charge is 0.344 e. The number of amides is 1. The smallest absolute Gasteiger partial charge is 0.270 e. The summed E-state index contributed by atoms with van der Waals surface area (Å²) in [4.78, 5) is 12.2. The minimum atomic E-state index is -0.122. The molecule has 0 radical (unpaired) electrons. The molecular formula is C15H20N4O. The Labute approximate surface area is 118 Å². The number of carbonyl (C=O) groups is 1. The average molecular weight is 272 g/mol. The van der Waals surface area contributed by atoms with Gasteiger partial charge in [-0.25, -0.2) is 0 Å². The number of aromatic nitrogens is 2. The van der Waals surface area contributed by atoms with Crippen LogP contribution in [0, 0.1) is 6.92 Å². The van der Waals surface area contributed by atoms with Gasteiger partial charge in [-0.1, -0.05) is 24.3 Å². The van der Waals surface area contributed by atoms with E-state index in [1.165, 1.54) is 0 Å². The van der Waals surface area contributed by atoms with E-state index in [2.05, 4.69) is 10.4 Å². The van der Waals surface area contributed by atoms with Gasteiger partial charge in [0.15, 0.2) is 0 Å². The van der Waals surface area contributed by atoms with Gasteiger partial charge in [-0.05, 0) is 31.0 Å². The maximum Gasteiger partial charge on any atom is 0.270 e. The van der Waals surface area contributed by atoms with Crippen LogP contribution in [0.5, 0.6) is 0 Å². The number of aryl methyl sites for hydroxylation is 2. The Morgan fingerprint density at radius 3 is 2.55 bits per heavy atom. The molecule has 1 atom stereocenters. The molecular weight excluding hydrogens is 252 g/mol. The zero-order valence-corrected chi connectivity index (χ0v) is 12.1. The zero-order chi connectivity index (χ0) is 14.7. The molecule has 1 unspecified atom stereocenters. The van der Waals surface area contributed by atoms with Crippen LogP contribution in [-0.2, 0) is 13.6 Å². The molecule has 106 valence electrons. The number of rotatable bonds is 4. The Bertz CT molecular complexity index is 601. The number of carbonyl (C=O) groups excluding carboxylic acids is 1. The third-order valence-electron chi connectivity index (χ3n) is 3.30. The second-order valence-corrected chi connectivity index (χ2v) is 4.94. The number of nitrogens with two attached hydrogens (primary N) is 1. The standard InChI is InChI=1S/C15H20N4O/c1-10-8-14(19(3)18-10)15(20)17-11(2)13-6-4-12(9-16)5-7-13/h4-8,11H,9,16H2,1-3H3,(H,17,20). The lowest BCUT2D eigenvalue weighted by molar-refractivity contribution is 0.0930. The fourth-order valence-electron chi connectivity index (χ4n) is 2.12. The highest BCUT2D eigenvalue weighted by molar-refractivity contribution is 5.92. The number of nitrogens with zero attached hydrogens (tertiary/aromatic N) is 2. The molecule has 0 spiro atoms. The second kappa shape index (κ2) is 5.88. The molecule has 0 aliphatic heterocycles. The first-order valence-electron chi connectivity index (χ1n) is 6.61. The Morgan fingerprint density at radius 1 is 1.40 bits per heavy atom. The normalized spacial score (nSPS) is 12.2. The van der Waals surface area contributed by atoms with Crippen molar-refractivity contribution >= 4 is 5.91 Å². The van der Waals surface area contributed by atoms with Gasteiger partial charge in [0.1, 0.15) is 5.69 Å². The molecule has 1 aromatic carbocycles. The van der Waals surface area contributed by atoms with Gasteiger partial charge in [0.05, 0.1) is 11.7 Å². The van der Waals surface area contributed by atoms with Crippen molar-refractivity contribution in [3.63, 3.8) is 0 Å². The van der Waals surface area contributed by atoms with Gasteiger partial charge in [-0.3, -0.25) is 9.48 Å². The number of hydrogen-bond acceptors (Lipinski definition) is 3. The first-order valence-corrected chi connectivity index (χ1v) is 6.61. The van der Waals surface area contributed by atoms with Crippen LogP contribution in [0.4, 0.5) is 0 Å². The van der Waals surface area contributed by atoms with Gasteiger partial charge in [0.25, 0.3) is 5.91 Å². The van der Waals surface area contributed by atoms with Crippen LogP contribution < -0.4 is 11.1 Å². The summed E-state index contributed by atoms with van der Waals surface area (Å²) in [6.45, 7) is 4.35. The van der Waals surface area contributed by atoms with Crippen molar-refractivity contribution in [1.29, 1.82) is 0 Å². The molecule has 5 nitrogen and oxygen atoms in total. The SMILES string of the molecule is Cc1cc(C(=O)NC(C)c2ccc(CN)cc2)n(C)n1. The second-order valence-electron chi connectivity index (χ2n) is 4.94. The Morgan fingerprint density at radius 2 is 2.05 bits per heavy atom. The predicted octanol–water partition coefficient (Wildman–Crippen LogP) is 1.68. The summed E-state index contributed by atoms with van der Waals surface area (Å²) in [6, 6.07) is 9.64. The van der Waals surface area contributed by atoms with E-state index >= 15 is 0 Å².